The highest BCUT2D eigenvalue weighted by Gasteiger charge is 2.27. The summed E-state index contributed by atoms with van der Waals surface area (Å²) in [5.41, 5.74) is 0.911. The summed E-state index contributed by atoms with van der Waals surface area (Å²) in [6.45, 7) is 0. The molecule has 0 atom stereocenters. The van der Waals surface area contributed by atoms with Crippen LogP contribution < -0.4 is 0 Å². The van der Waals surface area contributed by atoms with Crippen molar-refractivity contribution < 1.29 is 9.90 Å². The fraction of sp³-hybridized carbons (Fsp3) is 0.667. The van der Waals surface area contributed by atoms with Crippen molar-refractivity contribution in [3.63, 3.8) is 0 Å². The molecule has 2 rings (SSSR count). The first-order valence-corrected chi connectivity index (χ1v) is 4.83. The van der Waals surface area contributed by atoms with Gasteiger partial charge in [0.1, 0.15) is 5.69 Å². The highest BCUT2D eigenvalue weighted by atomic mass is 16.4. The number of rotatable bonds is 2. The molecule has 0 bridgehead atoms. The summed E-state index contributed by atoms with van der Waals surface area (Å²) in [6, 6.07) is 0. The largest absolute Gasteiger partial charge is 0.476 e. The molecule has 0 unspecified atom stereocenters. The minimum absolute atomic E-state index is 0.247. The van der Waals surface area contributed by atoms with E-state index in [0.717, 1.165) is 12.8 Å². The van der Waals surface area contributed by atoms with E-state index in [-0.39, 0.29) is 5.69 Å². The molecule has 5 heteroatoms. The number of aromatic carboxylic acids is 1. The molecule has 1 aromatic rings. The molecule has 0 spiro atoms. The van der Waals surface area contributed by atoms with Crippen LogP contribution in [0, 0.1) is 0 Å². The Hall–Kier alpha value is -1.39. The molecule has 1 aromatic heterocycles. The second kappa shape index (κ2) is 3.40. The van der Waals surface area contributed by atoms with E-state index in [0.29, 0.717) is 11.6 Å². The van der Waals surface area contributed by atoms with Gasteiger partial charge < -0.3 is 5.11 Å². The van der Waals surface area contributed by atoms with E-state index >= 15 is 0 Å². The Kier molecular flexibility index (Phi) is 2.23. The fourth-order valence-electron chi connectivity index (χ4n) is 2.10. The van der Waals surface area contributed by atoms with E-state index in [1.807, 2.05) is 0 Å². The third-order valence-electron chi connectivity index (χ3n) is 2.80. The predicted octanol–water partition coefficient (Wildman–Crippen LogP) is 1.17. The van der Waals surface area contributed by atoms with E-state index in [1.165, 1.54) is 17.5 Å². The number of carbonyl (C=O) groups is 1. The zero-order valence-electron chi connectivity index (χ0n) is 8.10. The van der Waals surface area contributed by atoms with Gasteiger partial charge in [0.25, 0.3) is 0 Å². The molecule has 0 radical (unpaired) electrons. The number of aromatic nitrogens is 3. The van der Waals surface area contributed by atoms with Crippen molar-refractivity contribution in [2.45, 2.75) is 31.6 Å². The summed E-state index contributed by atoms with van der Waals surface area (Å²) in [4.78, 5) is 11.0. The first-order valence-electron chi connectivity index (χ1n) is 4.83. The first kappa shape index (κ1) is 9.18. The second-order valence-electron chi connectivity index (χ2n) is 3.73. The van der Waals surface area contributed by atoms with Crippen LogP contribution in [0.3, 0.4) is 0 Å². The number of aryl methyl sites for hydroxylation is 1. The van der Waals surface area contributed by atoms with Crippen LogP contribution in [0.2, 0.25) is 0 Å². The molecule has 1 aliphatic carbocycles. The number of nitrogens with zero attached hydrogens (tertiary/aromatic N) is 3. The summed E-state index contributed by atoms with van der Waals surface area (Å²) < 4.78 is 1.34. The van der Waals surface area contributed by atoms with Gasteiger partial charge in [0.05, 0.1) is 0 Å². The van der Waals surface area contributed by atoms with Gasteiger partial charge in [-0.2, -0.15) is 0 Å². The molecule has 5 nitrogen and oxygen atoms in total. The van der Waals surface area contributed by atoms with Gasteiger partial charge >= 0.3 is 5.97 Å². The molecule has 14 heavy (non-hydrogen) atoms. The zero-order chi connectivity index (χ0) is 10.1. The molecule has 1 fully saturated rings. The molecule has 1 aliphatic rings. The van der Waals surface area contributed by atoms with Crippen LogP contribution in [0.4, 0.5) is 0 Å². The lowest BCUT2D eigenvalue weighted by molar-refractivity contribution is 0.0683. The van der Waals surface area contributed by atoms with Crippen molar-refractivity contribution in [2.75, 3.05) is 0 Å². The molecule has 1 N–H and O–H groups in total. The van der Waals surface area contributed by atoms with Crippen molar-refractivity contribution >= 4 is 5.97 Å². The maximum atomic E-state index is 11.0. The van der Waals surface area contributed by atoms with Crippen molar-refractivity contribution in [1.29, 1.82) is 0 Å². The fourth-order valence-corrected chi connectivity index (χ4v) is 2.10. The Morgan fingerprint density at radius 3 is 2.71 bits per heavy atom. The van der Waals surface area contributed by atoms with E-state index in [1.54, 1.807) is 7.05 Å². The molecule has 0 saturated heterocycles. The second-order valence-corrected chi connectivity index (χ2v) is 3.73. The van der Waals surface area contributed by atoms with Gasteiger partial charge in [-0.05, 0) is 12.8 Å². The van der Waals surface area contributed by atoms with E-state index in [2.05, 4.69) is 10.3 Å². The van der Waals surface area contributed by atoms with Gasteiger partial charge in [0, 0.05) is 13.0 Å². The highest BCUT2D eigenvalue weighted by molar-refractivity contribution is 5.86. The first-order chi connectivity index (χ1) is 6.70. The number of hydrogen-bond acceptors (Lipinski definition) is 3. The Balaban J connectivity index is 2.37. The quantitative estimate of drug-likeness (QED) is 0.769. The lowest BCUT2D eigenvalue weighted by Crippen LogP contribution is -2.09. The predicted molar refractivity (Wildman–Crippen MR) is 49.2 cm³/mol. The smallest absolute Gasteiger partial charge is 0.356 e. The average Bonchev–Trinajstić information content (AvgIpc) is 2.70. The molecule has 0 amide bonds. The lowest BCUT2D eigenvalue weighted by atomic mass is 10.0. The number of carboxylic acid groups (broad SMARTS) is 1. The monoisotopic (exact) mass is 195 g/mol. The molecular formula is C9H13N3O2. The zero-order valence-corrected chi connectivity index (χ0v) is 8.10. The van der Waals surface area contributed by atoms with Crippen LogP contribution in [-0.2, 0) is 7.05 Å². The topological polar surface area (TPSA) is 68.0 Å². The molecule has 76 valence electrons. The molecule has 1 saturated carbocycles. The maximum absolute atomic E-state index is 11.0. The molecule has 0 aromatic carbocycles. The van der Waals surface area contributed by atoms with Gasteiger partial charge in [-0.1, -0.05) is 18.1 Å². The van der Waals surface area contributed by atoms with Crippen LogP contribution in [0.15, 0.2) is 0 Å². The van der Waals surface area contributed by atoms with Crippen LogP contribution in [0.25, 0.3) is 0 Å². The maximum Gasteiger partial charge on any atom is 0.356 e. The van der Waals surface area contributed by atoms with Gasteiger partial charge in [0.2, 0.25) is 0 Å². The van der Waals surface area contributed by atoms with E-state index < -0.39 is 5.97 Å². The van der Waals surface area contributed by atoms with E-state index in [4.69, 9.17) is 5.11 Å². The van der Waals surface area contributed by atoms with E-state index in [9.17, 15) is 4.79 Å². The third-order valence-corrected chi connectivity index (χ3v) is 2.80. The van der Waals surface area contributed by atoms with Gasteiger partial charge in [0.15, 0.2) is 5.69 Å². The summed E-state index contributed by atoms with van der Waals surface area (Å²) in [5.74, 6) is -0.630. The van der Waals surface area contributed by atoms with Crippen molar-refractivity contribution in [2.24, 2.45) is 7.05 Å². The van der Waals surface area contributed by atoms with Gasteiger partial charge in [-0.15, -0.1) is 5.10 Å². The number of hydrogen-bond donors (Lipinski definition) is 1. The Morgan fingerprint density at radius 2 is 2.14 bits per heavy atom. The lowest BCUT2D eigenvalue weighted by Gasteiger charge is -2.05. The Morgan fingerprint density at radius 1 is 1.50 bits per heavy atom. The summed E-state index contributed by atoms with van der Waals surface area (Å²) in [7, 11) is 1.62. The summed E-state index contributed by atoms with van der Waals surface area (Å²) in [6.07, 6.45) is 4.42. The van der Waals surface area contributed by atoms with Gasteiger partial charge in [-0.3, -0.25) is 0 Å². The van der Waals surface area contributed by atoms with Crippen LogP contribution in [-0.4, -0.2) is 26.1 Å². The summed E-state index contributed by atoms with van der Waals surface area (Å²) in [5, 5.41) is 16.7. The van der Waals surface area contributed by atoms with Crippen molar-refractivity contribution in [1.82, 2.24) is 15.0 Å². The molecule has 0 aliphatic heterocycles. The Bertz CT molecular complexity index is 353. The van der Waals surface area contributed by atoms with Crippen molar-refractivity contribution in [3.8, 4) is 0 Å². The van der Waals surface area contributed by atoms with Gasteiger partial charge in [-0.25, -0.2) is 9.48 Å². The third kappa shape index (κ3) is 1.38. The van der Waals surface area contributed by atoms with Crippen LogP contribution in [0.1, 0.15) is 47.8 Å². The normalized spacial score (nSPS) is 17.5. The SMILES string of the molecule is Cn1nnc(C2CCCC2)c1C(=O)O. The van der Waals surface area contributed by atoms with Crippen LogP contribution >= 0.6 is 0 Å². The molecule has 1 heterocycles. The minimum Gasteiger partial charge on any atom is -0.476 e. The average molecular weight is 195 g/mol. The summed E-state index contributed by atoms with van der Waals surface area (Å²) >= 11 is 0. The highest BCUT2D eigenvalue weighted by Crippen LogP contribution is 2.34. The van der Waals surface area contributed by atoms with Crippen LogP contribution in [0.5, 0.6) is 0 Å². The van der Waals surface area contributed by atoms with Crippen molar-refractivity contribution in [3.05, 3.63) is 11.4 Å². The Labute approximate surface area is 81.7 Å². The number of carboxylic acids is 1. The standard InChI is InChI=1S/C9H13N3O2/c1-12-8(9(13)14)7(10-11-12)6-4-2-3-5-6/h6H,2-5H2,1H3,(H,13,14). The molecular weight excluding hydrogens is 182 g/mol. The minimum atomic E-state index is -0.931.